The van der Waals surface area contributed by atoms with Crippen molar-refractivity contribution in [3.05, 3.63) is 0 Å². The summed E-state index contributed by atoms with van der Waals surface area (Å²) in [6.07, 6.45) is 5.09. The second kappa shape index (κ2) is 3.46. The highest BCUT2D eigenvalue weighted by Crippen LogP contribution is 2.60. The summed E-state index contributed by atoms with van der Waals surface area (Å²) in [7, 11) is 0. The molecular weight excluding hydrogens is 204 g/mol. The fraction of sp³-hybridized carbons (Fsp3) is 0.923. The smallest absolute Gasteiger partial charge is 0.342 e. The largest absolute Gasteiger partial charge is 0.458 e. The molecule has 1 atom stereocenters. The second-order valence-corrected chi connectivity index (χ2v) is 5.99. The molecule has 92 valence electrons. The highest BCUT2D eigenvalue weighted by molar-refractivity contribution is 5.85. The Bertz CT molecular complexity index is 297. The van der Waals surface area contributed by atoms with Crippen molar-refractivity contribution in [1.82, 2.24) is 0 Å². The zero-order valence-corrected chi connectivity index (χ0v) is 10.8. The number of rotatable bonds is 2. The van der Waals surface area contributed by atoms with Crippen LogP contribution in [-0.4, -0.2) is 22.8 Å². The van der Waals surface area contributed by atoms with Crippen molar-refractivity contribution >= 4 is 5.97 Å². The summed E-state index contributed by atoms with van der Waals surface area (Å²) in [4.78, 5) is 12.2. The molecule has 0 N–H and O–H groups in total. The van der Waals surface area contributed by atoms with E-state index in [0.29, 0.717) is 0 Å². The first kappa shape index (κ1) is 11.9. The Morgan fingerprint density at radius 3 is 2.31 bits per heavy atom. The molecule has 1 saturated heterocycles. The normalized spacial score (nSPS) is 31.8. The monoisotopic (exact) mass is 226 g/mol. The van der Waals surface area contributed by atoms with Gasteiger partial charge in [-0.05, 0) is 40.0 Å². The maximum atomic E-state index is 12.2. The standard InChI is InChI=1S/C13H22O3/c1-5-13(10(14)15-11(2,3)4)12(16-13)8-6-7-9-12/h5-9H2,1-4H3. The van der Waals surface area contributed by atoms with Crippen molar-refractivity contribution in [2.24, 2.45) is 0 Å². The Morgan fingerprint density at radius 2 is 1.88 bits per heavy atom. The first-order valence-corrected chi connectivity index (χ1v) is 6.29. The van der Waals surface area contributed by atoms with Crippen LogP contribution >= 0.6 is 0 Å². The number of hydrogen-bond donors (Lipinski definition) is 0. The maximum Gasteiger partial charge on any atom is 0.342 e. The molecule has 1 aliphatic heterocycles. The fourth-order valence-corrected chi connectivity index (χ4v) is 2.89. The molecule has 0 amide bonds. The van der Waals surface area contributed by atoms with Crippen LogP contribution < -0.4 is 0 Å². The van der Waals surface area contributed by atoms with Crippen LogP contribution in [0.4, 0.5) is 0 Å². The van der Waals surface area contributed by atoms with E-state index in [1.165, 1.54) is 12.8 Å². The van der Waals surface area contributed by atoms with E-state index in [-0.39, 0.29) is 11.6 Å². The zero-order chi connectivity index (χ0) is 12.0. The van der Waals surface area contributed by atoms with Gasteiger partial charge < -0.3 is 9.47 Å². The molecule has 1 aliphatic carbocycles. The fourth-order valence-electron chi connectivity index (χ4n) is 2.89. The SMILES string of the molecule is CCC1(C(=O)OC(C)(C)C)OC12CCCC2. The highest BCUT2D eigenvalue weighted by Gasteiger charge is 2.74. The number of ether oxygens (including phenoxy) is 2. The van der Waals surface area contributed by atoms with Gasteiger partial charge in [0.2, 0.25) is 0 Å². The minimum Gasteiger partial charge on any atom is -0.458 e. The molecule has 1 unspecified atom stereocenters. The van der Waals surface area contributed by atoms with E-state index in [9.17, 15) is 4.79 Å². The van der Waals surface area contributed by atoms with Gasteiger partial charge in [0.05, 0.1) is 0 Å². The number of carbonyl (C=O) groups excluding carboxylic acids is 1. The van der Waals surface area contributed by atoms with Gasteiger partial charge in [-0.3, -0.25) is 0 Å². The van der Waals surface area contributed by atoms with Crippen LogP contribution in [0.2, 0.25) is 0 Å². The third-order valence-electron chi connectivity index (χ3n) is 3.70. The summed E-state index contributed by atoms with van der Waals surface area (Å²) >= 11 is 0. The van der Waals surface area contributed by atoms with Crippen LogP contribution in [0.3, 0.4) is 0 Å². The summed E-state index contributed by atoms with van der Waals surface area (Å²) < 4.78 is 11.3. The summed E-state index contributed by atoms with van der Waals surface area (Å²) in [5.41, 5.74) is -1.23. The molecule has 2 aliphatic rings. The molecule has 3 heteroatoms. The Hall–Kier alpha value is -0.570. The molecule has 0 radical (unpaired) electrons. The van der Waals surface area contributed by atoms with E-state index in [0.717, 1.165) is 19.3 Å². The number of esters is 1. The minimum atomic E-state index is -0.628. The molecule has 0 aromatic rings. The van der Waals surface area contributed by atoms with Gasteiger partial charge in [0.1, 0.15) is 11.2 Å². The van der Waals surface area contributed by atoms with Gasteiger partial charge in [0.15, 0.2) is 5.60 Å². The molecule has 0 bridgehead atoms. The number of hydrogen-bond acceptors (Lipinski definition) is 3. The molecule has 1 heterocycles. The van der Waals surface area contributed by atoms with Crippen molar-refractivity contribution in [2.75, 3.05) is 0 Å². The van der Waals surface area contributed by atoms with Crippen LogP contribution in [0, 0.1) is 0 Å². The molecule has 1 spiro atoms. The topological polar surface area (TPSA) is 38.8 Å². The highest BCUT2D eigenvalue weighted by atomic mass is 16.7. The molecule has 0 aromatic heterocycles. The predicted octanol–water partition coefficient (Wildman–Crippen LogP) is 2.82. The van der Waals surface area contributed by atoms with Gasteiger partial charge in [0.25, 0.3) is 0 Å². The van der Waals surface area contributed by atoms with Gasteiger partial charge in [-0.25, -0.2) is 4.79 Å². The van der Waals surface area contributed by atoms with E-state index >= 15 is 0 Å². The molecule has 3 nitrogen and oxygen atoms in total. The van der Waals surface area contributed by atoms with Crippen LogP contribution in [0.25, 0.3) is 0 Å². The molecule has 2 rings (SSSR count). The average Bonchev–Trinajstić information content (AvgIpc) is 2.52. The Kier molecular flexibility index (Phi) is 2.57. The van der Waals surface area contributed by atoms with Gasteiger partial charge in [-0.1, -0.05) is 19.8 Å². The first-order chi connectivity index (χ1) is 7.35. The van der Waals surface area contributed by atoms with Crippen molar-refractivity contribution in [1.29, 1.82) is 0 Å². The van der Waals surface area contributed by atoms with Crippen LogP contribution in [0.1, 0.15) is 59.8 Å². The second-order valence-electron chi connectivity index (χ2n) is 5.99. The van der Waals surface area contributed by atoms with Crippen molar-refractivity contribution in [3.8, 4) is 0 Å². The lowest BCUT2D eigenvalue weighted by Crippen LogP contribution is -2.38. The summed E-state index contributed by atoms with van der Waals surface area (Å²) in [5.74, 6) is -0.163. The van der Waals surface area contributed by atoms with E-state index in [4.69, 9.17) is 9.47 Å². The number of carbonyl (C=O) groups is 1. The number of epoxide rings is 1. The van der Waals surface area contributed by atoms with Crippen LogP contribution in [-0.2, 0) is 14.3 Å². The van der Waals surface area contributed by atoms with Gasteiger partial charge in [-0.2, -0.15) is 0 Å². The Balaban J connectivity index is 2.10. The van der Waals surface area contributed by atoms with Crippen LogP contribution in [0.15, 0.2) is 0 Å². The minimum absolute atomic E-state index is 0.163. The zero-order valence-electron chi connectivity index (χ0n) is 10.8. The molecule has 16 heavy (non-hydrogen) atoms. The van der Waals surface area contributed by atoms with E-state index in [1.54, 1.807) is 0 Å². The molecule has 1 saturated carbocycles. The van der Waals surface area contributed by atoms with Gasteiger partial charge in [-0.15, -0.1) is 0 Å². The van der Waals surface area contributed by atoms with E-state index in [2.05, 4.69) is 0 Å². The average molecular weight is 226 g/mol. The van der Waals surface area contributed by atoms with Crippen molar-refractivity contribution < 1.29 is 14.3 Å². The molecule has 0 aromatic carbocycles. The van der Waals surface area contributed by atoms with E-state index in [1.807, 2.05) is 27.7 Å². The van der Waals surface area contributed by atoms with Crippen LogP contribution in [0.5, 0.6) is 0 Å². The summed E-state index contributed by atoms with van der Waals surface area (Å²) in [6.45, 7) is 7.71. The lowest BCUT2D eigenvalue weighted by molar-refractivity contribution is -0.161. The van der Waals surface area contributed by atoms with E-state index < -0.39 is 11.2 Å². The van der Waals surface area contributed by atoms with Crippen molar-refractivity contribution in [2.45, 2.75) is 76.6 Å². The van der Waals surface area contributed by atoms with Gasteiger partial charge >= 0.3 is 5.97 Å². The summed E-state index contributed by atoms with van der Waals surface area (Å²) in [6, 6.07) is 0. The quantitative estimate of drug-likeness (QED) is 0.537. The van der Waals surface area contributed by atoms with Crippen molar-refractivity contribution in [3.63, 3.8) is 0 Å². The maximum absolute atomic E-state index is 12.2. The predicted molar refractivity (Wildman–Crippen MR) is 61.2 cm³/mol. The third-order valence-corrected chi connectivity index (χ3v) is 3.70. The Morgan fingerprint density at radius 1 is 1.31 bits per heavy atom. The Labute approximate surface area is 97.5 Å². The first-order valence-electron chi connectivity index (χ1n) is 6.29. The molecule has 2 fully saturated rings. The molecular formula is C13H22O3. The lowest BCUT2D eigenvalue weighted by atomic mass is 9.88. The van der Waals surface area contributed by atoms with Gasteiger partial charge in [0, 0.05) is 0 Å². The lowest BCUT2D eigenvalue weighted by Gasteiger charge is -2.23. The third kappa shape index (κ3) is 1.65. The summed E-state index contributed by atoms with van der Waals surface area (Å²) in [5, 5.41) is 0.